The number of ether oxygens (including phenoxy) is 1. The van der Waals surface area contributed by atoms with Crippen molar-refractivity contribution in [1.82, 2.24) is 9.88 Å². The van der Waals surface area contributed by atoms with Crippen molar-refractivity contribution in [3.63, 3.8) is 0 Å². The molecule has 6 nitrogen and oxygen atoms in total. The molecule has 0 atom stereocenters. The number of likely N-dealkylation sites (N-methyl/N-ethyl adjacent to an activating group) is 1. The number of H-pyrrole nitrogens is 1. The number of amides is 1. The quantitative estimate of drug-likeness (QED) is 0.646. The van der Waals surface area contributed by atoms with Crippen molar-refractivity contribution in [2.24, 2.45) is 0 Å². The number of ketones is 1. The Balaban J connectivity index is 1.91. The molecule has 0 unspecified atom stereocenters. The van der Waals surface area contributed by atoms with Gasteiger partial charge in [-0.15, -0.1) is 0 Å². The van der Waals surface area contributed by atoms with Crippen molar-refractivity contribution in [3.05, 3.63) is 35.3 Å². The molecule has 0 saturated carbocycles. The minimum Gasteiger partial charge on any atom is -0.451 e. The molecule has 0 spiro atoms. The van der Waals surface area contributed by atoms with E-state index in [2.05, 4.69) is 4.98 Å². The van der Waals surface area contributed by atoms with E-state index in [-0.39, 0.29) is 24.0 Å². The van der Waals surface area contributed by atoms with E-state index >= 15 is 0 Å². The first-order valence-electron chi connectivity index (χ1n) is 7.38. The maximum Gasteiger partial charge on any atom is 0.355 e. The molecule has 2 rings (SSSR count). The number of allylic oxidation sites excluding steroid dienone is 2. The molecular formula is C16H20N2O4. The first-order valence-corrected chi connectivity index (χ1v) is 7.38. The van der Waals surface area contributed by atoms with E-state index in [1.54, 1.807) is 4.90 Å². The summed E-state index contributed by atoms with van der Waals surface area (Å²) in [5.41, 5.74) is 1.58. The SMILES string of the molecule is CCN(C(=O)COC(=O)c1cc(C(C)=O)c[nH]1)C1=CCCC1. The van der Waals surface area contributed by atoms with Crippen molar-refractivity contribution < 1.29 is 19.1 Å². The van der Waals surface area contributed by atoms with E-state index < -0.39 is 5.97 Å². The minimum absolute atomic E-state index is 0.142. The van der Waals surface area contributed by atoms with Crippen LogP contribution < -0.4 is 0 Å². The second kappa shape index (κ2) is 7.06. The topological polar surface area (TPSA) is 79.5 Å². The number of nitrogens with one attached hydrogen (secondary N) is 1. The standard InChI is InChI=1S/C16H20N2O4/c1-3-18(13-6-4-5-7-13)15(20)10-22-16(21)14-8-12(9-17-14)11(2)19/h6,8-9,17H,3-5,7,10H2,1-2H3. The Hall–Kier alpha value is -2.37. The average molecular weight is 304 g/mol. The van der Waals surface area contributed by atoms with E-state index in [1.807, 2.05) is 13.0 Å². The molecule has 1 heterocycles. The molecule has 6 heteroatoms. The maximum atomic E-state index is 12.2. The summed E-state index contributed by atoms with van der Waals surface area (Å²) >= 11 is 0. The van der Waals surface area contributed by atoms with Gasteiger partial charge in [0.15, 0.2) is 12.4 Å². The highest BCUT2D eigenvalue weighted by Crippen LogP contribution is 2.21. The molecule has 118 valence electrons. The van der Waals surface area contributed by atoms with Crippen molar-refractivity contribution in [3.8, 4) is 0 Å². The van der Waals surface area contributed by atoms with Gasteiger partial charge in [0.1, 0.15) is 5.69 Å². The summed E-state index contributed by atoms with van der Waals surface area (Å²) < 4.78 is 5.03. The van der Waals surface area contributed by atoms with Gasteiger partial charge in [-0.05, 0) is 39.2 Å². The number of carbonyl (C=O) groups is 3. The normalized spacial score (nSPS) is 13.6. The van der Waals surface area contributed by atoms with Gasteiger partial charge in [-0.25, -0.2) is 4.79 Å². The highest BCUT2D eigenvalue weighted by Gasteiger charge is 2.20. The second-order valence-corrected chi connectivity index (χ2v) is 5.16. The molecule has 1 aromatic heterocycles. The van der Waals surface area contributed by atoms with Crippen LogP contribution in [0.5, 0.6) is 0 Å². The van der Waals surface area contributed by atoms with Crippen LogP contribution in [0, 0.1) is 0 Å². The second-order valence-electron chi connectivity index (χ2n) is 5.16. The molecule has 1 aromatic rings. The lowest BCUT2D eigenvalue weighted by atomic mass is 10.2. The van der Waals surface area contributed by atoms with Gasteiger partial charge in [-0.3, -0.25) is 9.59 Å². The summed E-state index contributed by atoms with van der Waals surface area (Å²) in [5, 5.41) is 0. The molecule has 1 N–H and O–H groups in total. The van der Waals surface area contributed by atoms with Gasteiger partial charge in [0.2, 0.25) is 0 Å². The fourth-order valence-electron chi connectivity index (χ4n) is 2.44. The molecule has 0 fully saturated rings. The summed E-state index contributed by atoms with van der Waals surface area (Å²) in [6.07, 6.45) is 6.41. The molecule has 1 amide bonds. The van der Waals surface area contributed by atoms with Crippen LogP contribution in [0.15, 0.2) is 24.0 Å². The molecule has 22 heavy (non-hydrogen) atoms. The van der Waals surface area contributed by atoms with Crippen LogP contribution >= 0.6 is 0 Å². The summed E-state index contributed by atoms with van der Waals surface area (Å²) in [6.45, 7) is 3.55. The van der Waals surface area contributed by atoms with Gasteiger partial charge in [0, 0.05) is 24.0 Å². The van der Waals surface area contributed by atoms with Crippen LogP contribution in [0.4, 0.5) is 0 Å². The van der Waals surface area contributed by atoms with E-state index in [9.17, 15) is 14.4 Å². The lowest BCUT2D eigenvalue weighted by Crippen LogP contribution is -2.33. The van der Waals surface area contributed by atoms with Crippen molar-refractivity contribution >= 4 is 17.7 Å². The van der Waals surface area contributed by atoms with E-state index in [1.165, 1.54) is 19.2 Å². The number of hydrogen-bond acceptors (Lipinski definition) is 4. The predicted octanol–water partition coefficient (Wildman–Crippen LogP) is 2.29. The molecule has 0 bridgehead atoms. The van der Waals surface area contributed by atoms with Crippen LogP contribution in [0.2, 0.25) is 0 Å². The Morgan fingerprint density at radius 2 is 2.14 bits per heavy atom. The third-order valence-electron chi connectivity index (χ3n) is 3.62. The Kier molecular flexibility index (Phi) is 5.14. The van der Waals surface area contributed by atoms with E-state index in [4.69, 9.17) is 4.74 Å². The van der Waals surface area contributed by atoms with E-state index in [0.29, 0.717) is 12.1 Å². The lowest BCUT2D eigenvalue weighted by molar-refractivity contribution is -0.132. The lowest BCUT2D eigenvalue weighted by Gasteiger charge is -2.21. The molecule has 0 aliphatic heterocycles. The summed E-state index contributed by atoms with van der Waals surface area (Å²) in [4.78, 5) is 39.5. The predicted molar refractivity (Wildman–Crippen MR) is 80.4 cm³/mol. The molecule has 0 radical (unpaired) electrons. The average Bonchev–Trinajstić information content (AvgIpc) is 3.16. The fourth-order valence-corrected chi connectivity index (χ4v) is 2.44. The van der Waals surface area contributed by atoms with E-state index in [0.717, 1.165) is 25.0 Å². The number of nitrogens with zero attached hydrogens (tertiary/aromatic N) is 1. The molecule has 0 aromatic carbocycles. The van der Waals surface area contributed by atoms with Crippen LogP contribution in [-0.4, -0.2) is 40.7 Å². The van der Waals surface area contributed by atoms with Gasteiger partial charge in [0.25, 0.3) is 5.91 Å². The Bertz CT molecular complexity index is 615. The number of carbonyl (C=O) groups excluding carboxylic acids is 3. The van der Waals surface area contributed by atoms with Gasteiger partial charge in [-0.2, -0.15) is 0 Å². The zero-order valence-electron chi connectivity index (χ0n) is 12.8. The summed E-state index contributed by atoms with van der Waals surface area (Å²) in [5.74, 6) is -1.02. The van der Waals surface area contributed by atoms with Crippen molar-refractivity contribution in [1.29, 1.82) is 0 Å². The minimum atomic E-state index is -0.641. The first-order chi connectivity index (χ1) is 10.5. The summed E-state index contributed by atoms with van der Waals surface area (Å²) in [6, 6.07) is 1.42. The van der Waals surface area contributed by atoms with Crippen molar-refractivity contribution in [2.45, 2.75) is 33.1 Å². The van der Waals surface area contributed by atoms with Crippen molar-refractivity contribution in [2.75, 3.05) is 13.2 Å². The Labute approximate surface area is 129 Å². The zero-order valence-corrected chi connectivity index (χ0v) is 12.8. The van der Waals surface area contributed by atoms with Gasteiger partial charge in [0.05, 0.1) is 0 Å². The first kappa shape index (κ1) is 16.0. The Morgan fingerprint density at radius 3 is 2.68 bits per heavy atom. The van der Waals surface area contributed by atoms with Crippen LogP contribution in [0.25, 0.3) is 0 Å². The third-order valence-corrected chi connectivity index (χ3v) is 3.62. The fraction of sp³-hybridized carbons (Fsp3) is 0.438. The highest BCUT2D eigenvalue weighted by atomic mass is 16.5. The number of hydrogen-bond donors (Lipinski definition) is 1. The number of aromatic amines is 1. The van der Waals surface area contributed by atoms with Gasteiger partial charge < -0.3 is 14.6 Å². The van der Waals surface area contributed by atoms with Gasteiger partial charge >= 0.3 is 5.97 Å². The number of esters is 1. The smallest absolute Gasteiger partial charge is 0.355 e. The number of rotatable bonds is 6. The van der Waals surface area contributed by atoms with Crippen LogP contribution in [0.1, 0.15) is 54.0 Å². The molecular weight excluding hydrogens is 284 g/mol. The highest BCUT2D eigenvalue weighted by molar-refractivity contribution is 5.97. The molecule has 1 aliphatic carbocycles. The van der Waals surface area contributed by atoms with Crippen LogP contribution in [0.3, 0.4) is 0 Å². The maximum absolute atomic E-state index is 12.2. The largest absolute Gasteiger partial charge is 0.451 e. The summed E-state index contributed by atoms with van der Waals surface area (Å²) in [7, 11) is 0. The monoisotopic (exact) mass is 304 g/mol. The number of aromatic nitrogens is 1. The Morgan fingerprint density at radius 1 is 1.36 bits per heavy atom. The van der Waals surface area contributed by atoms with Crippen LogP contribution in [-0.2, 0) is 9.53 Å². The van der Waals surface area contributed by atoms with Gasteiger partial charge in [-0.1, -0.05) is 6.08 Å². The number of Topliss-reactive ketones (excluding diaryl/α,β-unsaturated/α-hetero) is 1. The third kappa shape index (κ3) is 3.63. The molecule has 0 saturated heterocycles. The molecule has 1 aliphatic rings. The zero-order chi connectivity index (χ0) is 16.1.